The summed E-state index contributed by atoms with van der Waals surface area (Å²) in [6.07, 6.45) is 9.92. The molecule has 1 aliphatic rings. The summed E-state index contributed by atoms with van der Waals surface area (Å²) in [4.78, 5) is 14.2. The second-order valence-electron chi connectivity index (χ2n) is 4.46. The maximum atomic E-state index is 4.38. The lowest BCUT2D eigenvalue weighted by atomic mass is 10.2. The molecule has 2 aromatic rings. The summed E-state index contributed by atoms with van der Waals surface area (Å²) in [6.45, 7) is 2.10. The van der Waals surface area contributed by atoms with Crippen molar-refractivity contribution in [3.63, 3.8) is 0 Å². The Kier molecular flexibility index (Phi) is 2.88. The molecule has 2 aromatic heterocycles. The van der Waals surface area contributed by atoms with Crippen LogP contribution in [0.15, 0.2) is 36.9 Å². The molecule has 0 radical (unpaired) electrons. The largest absolute Gasteiger partial charge is 0.347 e. The van der Waals surface area contributed by atoms with E-state index in [1.165, 1.54) is 18.4 Å². The van der Waals surface area contributed by atoms with Gasteiger partial charge in [0.1, 0.15) is 5.82 Å². The summed E-state index contributed by atoms with van der Waals surface area (Å²) in [5.41, 5.74) is 1.27. The highest BCUT2D eigenvalue weighted by molar-refractivity contribution is 5.10. The Labute approximate surface area is 101 Å². The van der Waals surface area contributed by atoms with Gasteiger partial charge in [-0.05, 0) is 31.0 Å². The third-order valence-corrected chi connectivity index (χ3v) is 3.31. The first kappa shape index (κ1) is 10.5. The van der Waals surface area contributed by atoms with E-state index in [4.69, 9.17) is 0 Å². The number of aromatic nitrogens is 3. The fraction of sp³-hybridized carbons (Fsp3) is 0.385. The van der Waals surface area contributed by atoms with Gasteiger partial charge in [-0.1, -0.05) is 6.07 Å². The summed E-state index contributed by atoms with van der Waals surface area (Å²) in [5, 5.41) is 0. The summed E-state index contributed by atoms with van der Waals surface area (Å²) < 4.78 is 0. The van der Waals surface area contributed by atoms with E-state index in [0.29, 0.717) is 6.04 Å². The molecule has 4 heteroatoms. The van der Waals surface area contributed by atoms with Crippen LogP contribution in [0.5, 0.6) is 0 Å². The lowest BCUT2D eigenvalue weighted by Gasteiger charge is -2.22. The van der Waals surface area contributed by atoms with Crippen molar-refractivity contribution in [2.75, 3.05) is 6.54 Å². The molecule has 1 aliphatic heterocycles. The third-order valence-electron chi connectivity index (χ3n) is 3.31. The van der Waals surface area contributed by atoms with Crippen LogP contribution in [0.1, 0.15) is 30.3 Å². The highest BCUT2D eigenvalue weighted by atomic mass is 15.2. The summed E-state index contributed by atoms with van der Waals surface area (Å²) in [6, 6.07) is 4.56. The highest BCUT2D eigenvalue weighted by Crippen LogP contribution is 2.30. The molecule has 0 spiro atoms. The van der Waals surface area contributed by atoms with Crippen LogP contribution in [0.25, 0.3) is 0 Å². The predicted molar refractivity (Wildman–Crippen MR) is 65.2 cm³/mol. The van der Waals surface area contributed by atoms with Crippen molar-refractivity contribution >= 4 is 0 Å². The van der Waals surface area contributed by atoms with Gasteiger partial charge >= 0.3 is 0 Å². The van der Waals surface area contributed by atoms with Crippen LogP contribution in [0.2, 0.25) is 0 Å². The van der Waals surface area contributed by atoms with Crippen molar-refractivity contribution in [3.05, 3.63) is 48.3 Å². The van der Waals surface area contributed by atoms with Gasteiger partial charge in [0, 0.05) is 31.3 Å². The first-order valence-corrected chi connectivity index (χ1v) is 6.06. The van der Waals surface area contributed by atoms with E-state index >= 15 is 0 Å². The van der Waals surface area contributed by atoms with Gasteiger partial charge in [0.2, 0.25) is 0 Å². The molecule has 17 heavy (non-hydrogen) atoms. The molecule has 1 saturated heterocycles. The van der Waals surface area contributed by atoms with Gasteiger partial charge in [0.15, 0.2) is 0 Å². The van der Waals surface area contributed by atoms with Gasteiger partial charge in [-0.2, -0.15) is 0 Å². The number of aromatic amines is 1. The normalized spacial score (nSPS) is 20.8. The number of nitrogens with zero attached hydrogens (tertiary/aromatic N) is 3. The second kappa shape index (κ2) is 4.67. The minimum Gasteiger partial charge on any atom is -0.347 e. The van der Waals surface area contributed by atoms with E-state index < -0.39 is 0 Å². The number of hydrogen-bond acceptors (Lipinski definition) is 3. The Morgan fingerprint density at radius 3 is 3.18 bits per heavy atom. The van der Waals surface area contributed by atoms with Crippen molar-refractivity contribution in [1.29, 1.82) is 0 Å². The minimum absolute atomic E-state index is 0.435. The van der Waals surface area contributed by atoms with E-state index in [9.17, 15) is 0 Å². The van der Waals surface area contributed by atoms with Crippen molar-refractivity contribution < 1.29 is 0 Å². The lowest BCUT2D eigenvalue weighted by Crippen LogP contribution is -2.23. The Hall–Kier alpha value is -1.68. The van der Waals surface area contributed by atoms with Crippen molar-refractivity contribution in [3.8, 4) is 0 Å². The molecule has 0 aromatic carbocycles. The maximum absolute atomic E-state index is 4.38. The zero-order valence-corrected chi connectivity index (χ0v) is 9.71. The van der Waals surface area contributed by atoms with Gasteiger partial charge in [-0.15, -0.1) is 0 Å². The van der Waals surface area contributed by atoms with Crippen LogP contribution < -0.4 is 0 Å². The molecular formula is C13H16N4. The first-order chi connectivity index (χ1) is 8.43. The molecule has 1 atom stereocenters. The van der Waals surface area contributed by atoms with E-state index in [1.54, 1.807) is 0 Å². The van der Waals surface area contributed by atoms with Gasteiger partial charge in [-0.25, -0.2) is 4.98 Å². The van der Waals surface area contributed by atoms with Gasteiger partial charge in [-0.3, -0.25) is 9.88 Å². The summed E-state index contributed by atoms with van der Waals surface area (Å²) >= 11 is 0. The summed E-state index contributed by atoms with van der Waals surface area (Å²) in [7, 11) is 0. The predicted octanol–water partition coefficient (Wildman–Crippen LogP) is 2.14. The molecule has 0 saturated carbocycles. The number of likely N-dealkylation sites (tertiary alicyclic amines) is 1. The molecule has 3 heterocycles. The van der Waals surface area contributed by atoms with Gasteiger partial charge < -0.3 is 4.98 Å². The molecule has 1 N–H and O–H groups in total. The second-order valence-corrected chi connectivity index (χ2v) is 4.46. The molecule has 0 amide bonds. The fourth-order valence-electron chi connectivity index (χ4n) is 2.51. The highest BCUT2D eigenvalue weighted by Gasteiger charge is 2.27. The van der Waals surface area contributed by atoms with Crippen molar-refractivity contribution in [2.24, 2.45) is 0 Å². The Morgan fingerprint density at radius 1 is 1.41 bits per heavy atom. The number of rotatable bonds is 3. The standard InChI is InChI=1S/C13H16N4/c1-3-11(9-14-5-1)10-17-8-2-4-12(17)13-15-6-7-16-13/h1,3,5-7,9,12H,2,4,8,10H2,(H,15,16). The molecule has 1 unspecified atom stereocenters. The van der Waals surface area contributed by atoms with Crippen LogP contribution in [0, 0.1) is 0 Å². The molecule has 1 fully saturated rings. The quantitative estimate of drug-likeness (QED) is 0.875. The van der Waals surface area contributed by atoms with Crippen LogP contribution in [0.3, 0.4) is 0 Å². The van der Waals surface area contributed by atoms with Crippen molar-refractivity contribution in [1.82, 2.24) is 19.9 Å². The zero-order valence-electron chi connectivity index (χ0n) is 9.71. The third kappa shape index (κ3) is 2.22. The Balaban J connectivity index is 1.75. The Morgan fingerprint density at radius 2 is 2.41 bits per heavy atom. The molecular weight excluding hydrogens is 212 g/mol. The van der Waals surface area contributed by atoms with Gasteiger partial charge in [0.05, 0.1) is 6.04 Å². The van der Waals surface area contributed by atoms with E-state index in [2.05, 4.69) is 25.9 Å². The fourth-order valence-corrected chi connectivity index (χ4v) is 2.51. The topological polar surface area (TPSA) is 44.8 Å². The van der Waals surface area contributed by atoms with Crippen LogP contribution >= 0.6 is 0 Å². The molecule has 88 valence electrons. The Bertz CT molecular complexity index is 452. The zero-order chi connectivity index (χ0) is 11.5. The molecule has 3 rings (SSSR count). The van der Waals surface area contributed by atoms with E-state index in [0.717, 1.165) is 18.9 Å². The number of nitrogens with one attached hydrogen (secondary N) is 1. The SMILES string of the molecule is c1cncc(CN2CCCC2c2ncc[nH]2)c1. The monoisotopic (exact) mass is 228 g/mol. The molecule has 0 bridgehead atoms. The van der Waals surface area contributed by atoms with E-state index in [1.807, 2.05) is 30.9 Å². The number of pyridine rings is 1. The average molecular weight is 228 g/mol. The molecule has 0 aliphatic carbocycles. The smallest absolute Gasteiger partial charge is 0.123 e. The van der Waals surface area contributed by atoms with E-state index in [-0.39, 0.29) is 0 Å². The van der Waals surface area contributed by atoms with Crippen LogP contribution in [-0.4, -0.2) is 26.4 Å². The lowest BCUT2D eigenvalue weighted by molar-refractivity contribution is 0.240. The molecule has 4 nitrogen and oxygen atoms in total. The number of hydrogen-bond donors (Lipinski definition) is 1. The first-order valence-electron chi connectivity index (χ1n) is 6.06. The summed E-state index contributed by atoms with van der Waals surface area (Å²) in [5.74, 6) is 1.09. The van der Waals surface area contributed by atoms with Gasteiger partial charge in [0.25, 0.3) is 0 Å². The number of H-pyrrole nitrogens is 1. The van der Waals surface area contributed by atoms with Crippen LogP contribution in [0.4, 0.5) is 0 Å². The number of imidazole rings is 1. The maximum Gasteiger partial charge on any atom is 0.123 e. The average Bonchev–Trinajstić information content (AvgIpc) is 3.00. The minimum atomic E-state index is 0.435. The van der Waals surface area contributed by atoms with Crippen LogP contribution in [-0.2, 0) is 6.54 Å². The van der Waals surface area contributed by atoms with Crippen molar-refractivity contribution in [2.45, 2.75) is 25.4 Å².